The Labute approximate surface area is 180 Å². The molecule has 7 nitrogen and oxygen atoms in total. The van der Waals surface area contributed by atoms with Gasteiger partial charge in [0.15, 0.2) is 0 Å². The van der Waals surface area contributed by atoms with E-state index in [-0.39, 0.29) is 5.91 Å². The number of hydrogen-bond donors (Lipinski definition) is 1. The van der Waals surface area contributed by atoms with Crippen molar-refractivity contribution in [2.24, 2.45) is 0 Å². The summed E-state index contributed by atoms with van der Waals surface area (Å²) in [7, 11) is 3.17. The Balaban J connectivity index is 1.65. The predicted molar refractivity (Wildman–Crippen MR) is 118 cm³/mol. The van der Waals surface area contributed by atoms with Crippen molar-refractivity contribution in [1.82, 2.24) is 20.1 Å². The molecule has 4 aromatic rings. The molecule has 0 aliphatic rings. The van der Waals surface area contributed by atoms with E-state index in [0.717, 1.165) is 16.8 Å². The van der Waals surface area contributed by atoms with E-state index in [1.807, 2.05) is 60.7 Å². The standard InChI is InChI=1S/C24H22N4O3/c1-30-20-10-6-7-18(13-20)23-21(16-28(27-23)19-8-4-3-5-9-19)24(29)26-15-17-11-12-22(31-2)25-14-17/h3-14,16H,15H2,1-2H3,(H,26,29). The van der Waals surface area contributed by atoms with Crippen molar-refractivity contribution < 1.29 is 14.3 Å². The van der Waals surface area contributed by atoms with E-state index in [9.17, 15) is 4.79 Å². The Bertz CT molecular complexity index is 1170. The zero-order chi connectivity index (χ0) is 21.6. The van der Waals surface area contributed by atoms with Gasteiger partial charge in [0, 0.05) is 30.6 Å². The number of aromatic nitrogens is 3. The second kappa shape index (κ2) is 9.13. The summed E-state index contributed by atoms with van der Waals surface area (Å²) in [5.41, 5.74) is 3.58. The lowest BCUT2D eigenvalue weighted by Gasteiger charge is -2.07. The maximum Gasteiger partial charge on any atom is 0.255 e. The van der Waals surface area contributed by atoms with Crippen molar-refractivity contribution in [3.05, 3.63) is 90.3 Å². The molecule has 0 atom stereocenters. The van der Waals surface area contributed by atoms with Crippen LogP contribution in [0.3, 0.4) is 0 Å². The van der Waals surface area contributed by atoms with Crippen molar-refractivity contribution in [3.8, 4) is 28.6 Å². The third-order valence-corrected chi connectivity index (χ3v) is 4.78. The van der Waals surface area contributed by atoms with Crippen molar-refractivity contribution in [1.29, 1.82) is 0 Å². The number of methoxy groups -OCH3 is 2. The zero-order valence-electron chi connectivity index (χ0n) is 17.3. The van der Waals surface area contributed by atoms with Gasteiger partial charge in [-0.25, -0.2) is 9.67 Å². The van der Waals surface area contributed by atoms with E-state index in [1.54, 1.807) is 37.4 Å². The number of hydrogen-bond acceptors (Lipinski definition) is 5. The van der Waals surface area contributed by atoms with Crippen molar-refractivity contribution in [3.63, 3.8) is 0 Å². The fourth-order valence-corrected chi connectivity index (χ4v) is 3.15. The topological polar surface area (TPSA) is 78.3 Å². The van der Waals surface area contributed by atoms with Gasteiger partial charge in [-0.05, 0) is 29.8 Å². The summed E-state index contributed by atoms with van der Waals surface area (Å²) in [6.45, 7) is 0.337. The van der Waals surface area contributed by atoms with Gasteiger partial charge in [-0.15, -0.1) is 0 Å². The Kier molecular flexibility index (Phi) is 5.93. The fraction of sp³-hybridized carbons (Fsp3) is 0.125. The minimum Gasteiger partial charge on any atom is -0.497 e. The van der Waals surface area contributed by atoms with Gasteiger partial charge < -0.3 is 14.8 Å². The molecule has 1 N–H and O–H groups in total. The average molecular weight is 414 g/mol. The number of ether oxygens (including phenoxy) is 2. The molecule has 2 heterocycles. The molecule has 4 rings (SSSR count). The SMILES string of the molecule is COc1cccc(-c2nn(-c3ccccc3)cc2C(=O)NCc2ccc(OC)nc2)c1. The maximum atomic E-state index is 13.1. The molecule has 0 unspecified atom stereocenters. The van der Waals surface area contributed by atoms with Gasteiger partial charge in [0.1, 0.15) is 11.4 Å². The number of pyridine rings is 1. The first-order valence-electron chi connectivity index (χ1n) is 9.74. The highest BCUT2D eigenvalue weighted by atomic mass is 16.5. The lowest BCUT2D eigenvalue weighted by Crippen LogP contribution is -2.23. The summed E-state index contributed by atoms with van der Waals surface area (Å²) in [5, 5.41) is 7.65. The Morgan fingerprint density at radius 3 is 2.55 bits per heavy atom. The van der Waals surface area contributed by atoms with Crippen LogP contribution in [0.25, 0.3) is 16.9 Å². The number of nitrogens with one attached hydrogen (secondary N) is 1. The molecule has 1 amide bonds. The zero-order valence-corrected chi connectivity index (χ0v) is 17.3. The molecule has 31 heavy (non-hydrogen) atoms. The first-order chi connectivity index (χ1) is 15.2. The summed E-state index contributed by atoms with van der Waals surface area (Å²) in [5.74, 6) is 0.998. The van der Waals surface area contributed by atoms with E-state index in [0.29, 0.717) is 29.4 Å². The molecular formula is C24H22N4O3. The Morgan fingerprint density at radius 2 is 1.84 bits per heavy atom. The number of benzene rings is 2. The van der Waals surface area contributed by atoms with Gasteiger partial charge in [0.25, 0.3) is 5.91 Å². The van der Waals surface area contributed by atoms with Crippen molar-refractivity contribution >= 4 is 5.91 Å². The van der Waals surface area contributed by atoms with Crippen LogP contribution in [0.4, 0.5) is 0 Å². The molecule has 7 heteroatoms. The molecular weight excluding hydrogens is 392 g/mol. The molecule has 0 aliphatic heterocycles. The van der Waals surface area contributed by atoms with Gasteiger partial charge in [0.2, 0.25) is 5.88 Å². The molecule has 156 valence electrons. The molecule has 0 aliphatic carbocycles. The largest absolute Gasteiger partial charge is 0.497 e. The third-order valence-electron chi connectivity index (χ3n) is 4.78. The van der Waals surface area contributed by atoms with Crippen molar-refractivity contribution in [2.75, 3.05) is 14.2 Å². The van der Waals surface area contributed by atoms with Crippen LogP contribution in [-0.4, -0.2) is 34.9 Å². The van der Waals surface area contributed by atoms with Crippen molar-refractivity contribution in [2.45, 2.75) is 6.54 Å². The average Bonchev–Trinajstić information content (AvgIpc) is 3.29. The van der Waals surface area contributed by atoms with E-state index < -0.39 is 0 Å². The highest BCUT2D eigenvalue weighted by Crippen LogP contribution is 2.27. The van der Waals surface area contributed by atoms with E-state index in [2.05, 4.69) is 10.3 Å². The van der Waals surface area contributed by atoms with Gasteiger partial charge in [-0.3, -0.25) is 4.79 Å². The van der Waals surface area contributed by atoms with Crippen LogP contribution >= 0.6 is 0 Å². The molecule has 0 spiro atoms. The second-order valence-corrected chi connectivity index (χ2v) is 6.79. The van der Waals surface area contributed by atoms with E-state index in [4.69, 9.17) is 14.6 Å². The lowest BCUT2D eigenvalue weighted by atomic mass is 10.1. The fourth-order valence-electron chi connectivity index (χ4n) is 3.15. The quantitative estimate of drug-likeness (QED) is 0.497. The molecule has 0 saturated carbocycles. The van der Waals surface area contributed by atoms with E-state index >= 15 is 0 Å². The van der Waals surface area contributed by atoms with Gasteiger partial charge in [-0.2, -0.15) is 5.10 Å². The summed E-state index contributed by atoms with van der Waals surface area (Å²) in [6, 6.07) is 20.8. The summed E-state index contributed by atoms with van der Waals surface area (Å²) in [4.78, 5) is 17.3. The van der Waals surface area contributed by atoms with Crippen LogP contribution in [0, 0.1) is 0 Å². The number of rotatable bonds is 7. The van der Waals surface area contributed by atoms with Crippen LogP contribution < -0.4 is 14.8 Å². The highest BCUT2D eigenvalue weighted by molar-refractivity contribution is 6.00. The number of nitrogens with zero attached hydrogens (tertiary/aromatic N) is 3. The summed E-state index contributed by atoms with van der Waals surface area (Å²) in [6.07, 6.45) is 3.42. The minimum atomic E-state index is -0.226. The monoisotopic (exact) mass is 414 g/mol. The molecule has 0 bridgehead atoms. The first-order valence-corrected chi connectivity index (χ1v) is 9.74. The second-order valence-electron chi connectivity index (χ2n) is 6.79. The third kappa shape index (κ3) is 4.56. The van der Waals surface area contributed by atoms with Crippen LogP contribution in [-0.2, 0) is 6.54 Å². The number of para-hydroxylation sites is 1. The van der Waals surface area contributed by atoms with Crippen LogP contribution in [0.2, 0.25) is 0 Å². The van der Waals surface area contributed by atoms with Gasteiger partial charge in [0.05, 0.1) is 25.5 Å². The Morgan fingerprint density at radius 1 is 1.00 bits per heavy atom. The molecule has 0 saturated heterocycles. The lowest BCUT2D eigenvalue weighted by molar-refractivity contribution is 0.0951. The van der Waals surface area contributed by atoms with Crippen LogP contribution in [0.15, 0.2) is 79.1 Å². The highest BCUT2D eigenvalue weighted by Gasteiger charge is 2.19. The van der Waals surface area contributed by atoms with Crippen LogP contribution in [0.5, 0.6) is 11.6 Å². The molecule has 0 radical (unpaired) electrons. The van der Waals surface area contributed by atoms with Crippen LogP contribution in [0.1, 0.15) is 15.9 Å². The van der Waals surface area contributed by atoms with Gasteiger partial charge in [-0.1, -0.05) is 36.4 Å². The predicted octanol–water partition coefficient (Wildman–Crippen LogP) is 3.88. The first kappa shape index (κ1) is 20.2. The molecule has 0 fully saturated rings. The van der Waals surface area contributed by atoms with Gasteiger partial charge >= 0.3 is 0 Å². The maximum absolute atomic E-state index is 13.1. The molecule has 2 aromatic heterocycles. The number of carbonyl (C=O) groups is 1. The summed E-state index contributed by atoms with van der Waals surface area (Å²) >= 11 is 0. The number of amides is 1. The molecule has 2 aromatic carbocycles. The normalized spacial score (nSPS) is 10.5. The smallest absolute Gasteiger partial charge is 0.255 e. The summed E-state index contributed by atoms with van der Waals surface area (Å²) < 4.78 is 12.1. The minimum absolute atomic E-state index is 0.226. The van der Waals surface area contributed by atoms with E-state index in [1.165, 1.54) is 0 Å². The Hall–Kier alpha value is -4.13. The number of carbonyl (C=O) groups excluding carboxylic acids is 1.